The lowest BCUT2D eigenvalue weighted by molar-refractivity contribution is -0.940. The highest BCUT2D eigenvalue weighted by atomic mass is 35.5. The number of hydrogen-bond donors (Lipinski definition) is 2. The van der Waals surface area contributed by atoms with E-state index in [1.54, 1.807) is 23.1 Å². The van der Waals surface area contributed by atoms with Crippen molar-refractivity contribution in [2.45, 2.75) is 38.1 Å². The van der Waals surface area contributed by atoms with Gasteiger partial charge in [0.05, 0.1) is 29.2 Å². The van der Waals surface area contributed by atoms with E-state index in [4.69, 9.17) is 27.9 Å². The number of carbonyl (C=O) groups excluding carboxylic acids is 1. The molecule has 0 saturated carbocycles. The second kappa shape index (κ2) is 7.73. The molecule has 0 radical (unpaired) electrons. The number of fused-ring (bicyclic) bond motifs is 1. The molecule has 2 aliphatic rings. The van der Waals surface area contributed by atoms with Gasteiger partial charge < -0.3 is 9.64 Å². The molecule has 6 heteroatoms. The smallest absolute Gasteiger partial charge is 0.411 e. The first kappa shape index (κ1) is 16.9. The highest BCUT2D eigenvalue weighted by molar-refractivity contribution is 6.42. The van der Waals surface area contributed by atoms with Gasteiger partial charge in [-0.3, -0.25) is 5.32 Å². The van der Waals surface area contributed by atoms with Gasteiger partial charge in [0.2, 0.25) is 0 Å². The van der Waals surface area contributed by atoms with Crippen LogP contribution in [0.25, 0.3) is 0 Å². The fourth-order valence-corrected chi connectivity index (χ4v) is 4.19. The Kier molecular flexibility index (Phi) is 5.67. The van der Waals surface area contributed by atoms with Gasteiger partial charge in [-0.05, 0) is 50.3 Å². The van der Waals surface area contributed by atoms with E-state index >= 15 is 0 Å². The zero-order valence-corrected chi connectivity index (χ0v) is 14.6. The number of quaternary nitrogens is 1. The Morgan fingerprint density at radius 1 is 1.17 bits per heavy atom. The first-order chi connectivity index (χ1) is 11.1. The summed E-state index contributed by atoms with van der Waals surface area (Å²) in [5.41, 5.74) is 0.595. The van der Waals surface area contributed by atoms with Crippen LogP contribution in [0.3, 0.4) is 0 Å². The van der Waals surface area contributed by atoms with Crippen molar-refractivity contribution in [2.75, 3.05) is 25.0 Å². The van der Waals surface area contributed by atoms with Crippen molar-refractivity contribution in [1.82, 2.24) is 0 Å². The maximum absolute atomic E-state index is 12.0. The molecule has 2 aliphatic heterocycles. The van der Waals surface area contributed by atoms with Gasteiger partial charge in [-0.1, -0.05) is 23.2 Å². The molecule has 2 saturated heterocycles. The Labute approximate surface area is 147 Å². The van der Waals surface area contributed by atoms with Gasteiger partial charge in [-0.2, -0.15) is 0 Å². The van der Waals surface area contributed by atoms with Gasteiger partial charge >= 0.3 is 6.09 Å². The Hall–Kier alpha value is -0.970. The van der Waals surface area contributed by atoms with E-state index in [-0.39, 0.29) is 0 Å². The van der Waals surface area contributed by atoms with Crippen LogP contribution in [0, 0.1) is 5.92 Å². The van der Waals surface area contributed by atoms with E-state index in [1.165, 1.54) is 38.8 Å². The molecule has 2 N–H and O–H groups in total. The van der Waals surface area contributed by atoms with E-state index < -0.39 is 6.09 Å². The normalized spacial score (nSPS) is 27.1. The molecule has 23 heavy (non-hydrogen) atoms. The van der Waals surface area contributed by atoms with Crippen molar-refractivity contribution in [3.8, 4) is 0 Å². The van der Waals surface area contributed by atoms with Gasteiger partial charge in [0.15, 0.2) is 0 Å². The highest BCUT2D eigenvalue weighted by Gasteiger charge is 2.37. The molecular formula is C17H23Cl2N2O2+. The first-order valence-corrected chi connectivity index (χ1v) is 9.12. The summed E-state index contributed by atoms with van der Waals surface area (Å²) in [5.74, 6) is 0.485. The molecule has 0 aliphatic carbocycles. The first-order valence-electron chi connectivity index (χ1n) is 8.37. The number of ether oxygens (including phenoxy) is 1. The molecule has 2 fully saturated rings. The van der Waals surface area contributed by atoms with Crippen LogP contribution in [0.1, 0.15) is 32.1 Å². The Morgan fingerprint density at radius 2 is 2.00 bits per heavy atom. The quantitative estimate of drug-likeness (QED) is 0.870. The maximum Gasteiger partial charge on any atom is 0.411 e. The molecule has 0 spiro atoms. The van der Waals surface area contributed by atoms with E-state index in [2.05, 4.69) is 5.32 Å². The average Bonchev–Trinajstić information content (AvgIpc) is 2.56. The minimum Gasteiger partial charge on any atom is -0.449 e. The number of amides is 1. The summed E-state index contributed by atoms with van der Waals surface area (Å²) in [7, 11) is 0. The van der Waals surface area contributed by atoms with Gasteiger partial charge in [0.1, 0.15) is 6.61 Å². The van der Waals surface area contributed by atoms with E-state index in [0.29, 0.717) is 34.3 Å². The number of carbonyl (C=O) groups is 1. The molecule has 1 aromatic carbocycles. The zero-order valence-electron chi connectivity index (χ0n) is 13.1. The molecule has 126 valence electrons. The third-order valence-electron chi connectivity index (χ3n) is 5.02. The van der Waals surface area contributed by atoms with Crippen molar-refractivity contribution in [1.29, 1.82) is 0 Å². The molecule has 3 atom stereocenters. The molecule has 2 heterocycles. The van der Waals surface area contributed by atoms with Crippen LogP contribution in [-0.4, -0.2) is 31.8 Å². The Bertz CT molecular complexity index is 566. The third-order valence-corrected chi connectivity index (χ3v) is 5.76. The van der Waals surface area contributed by atoms with Crippen LogP contribution in [-0.2, 0) is 4.74 Å². The summed E-state index contributed by atoms with van der Waals surface area (Å²) in [6.45, 7) is 3.05. The standard InChI is InChI=1S/C17H22Cl2N2O2/c18-14-7-6-13(10-15(14)19)20-17(22)23-11-12-4-3-9-21-8-2-1-5-16(12)21/h6-7,10,12,16H,1-5,8-9,11H2,(H,20,22)/p+1/t12-,16+/m0/s1. The number of benzene rings is 1. The highest BCUT2D eigenvalue weighted by Crippen LogP contribution is 2.25. The monoisotopic (exact) mass is 357 g/mol. The van der Waals surface area contributed by atoms with Crippen LogP contribution in [0.5, 0.6) is 0 Å². The van der Waals surface area contributed by atoms with Gasteiger partial charge in [0.25, 0.3) is 0 Å². The van der Waals surface area contributed by atoms with Crippen molar-refractivity contribution in [2.24, 2.45) is 5.92 Å². The number of nitrogens with one attached hydrogen (secondary N) is 2. The van der Waals surface area contributed by atoms with E-state index in [9.17, 15) is 4.79 Å². The average molecular weight is 358 g/mol. The van der Waals surface area contributed by atoms with Gasteiger partial charge in [0, 0.05) is 11.6 Å². The topological polar surface area (TPSA) is 42.8 Å². The summed E-state index contributed by atoms with van der Waals surface area (Å²) in [5, 5.41) is 3.59. The van der Waals surface area contributed by atoms with Crippen LogP contribution < -0.4 is 10.2 Å². The number of hydrogen-bond acceptors (Lipinski definition) is 2. The molecule has 1 amide bonds. The number of piperidine rings is 2. The number of halogens is 2. The maximum atomic E-state index is 12.0. The number of rotatable bonds is 3. The van der Waals surface area contributed by atoms with Crippen LogP contribution in [0.15, 0.2) is 18.2 Å². The summed E-state index contributed by atoms with van der Waals surface area (Å²) >= 11 is 11.8. The lowest BCUT2D eigenvalue weighted by atomic mass is 9.84. The molecule has 1 aromatic rings. The second-order valence-corrected chi connectivity index (χ2v) is 7.33. The van der Waals surface area contributed by atoms with Gasteiger partial charge in [-0.25, -0.2) is 4.79 Å². The van der Waals surface area contributed by atoms with Crippen LogP contribution in [0.4, 0.5) is 10.5 Å². The molecule has 4 nitrogen and oxygen atoms in total. The lowest BCUT2D eigenvalue weighted by Crippen LogP contribution is -3.18. The Morgan fingerprint density at radius 3 is 2.83 bits per heavy atom. The molecular weight excluding hydrogens is 335 g/mol. The third kappa shape index (κ3) is 4.31. The number of anilines is 1. The van der Waals surface area contributed by atoms with E-state index in [1.807, 2.05) is 0 Å². The molecule has 1 unspecified atom stereocenters. The molecule has 0 aromatic heterocycles. The summed E-state index contributed by atoms with van der Waals surface area (Å²) < 4.78 is 5.47. The van der Waals surface area contributed by atoms with Crippen molar-refractivity contribution < 1.29 is 14.4 Å². The van der Waals surface area contributed by atoms with Crippen molar-refractivity contribution >= 4 is 35.0 Å². The molecule has 3 rings (SSSR count). The minimum absolute atomic E-state index is 0.415. The minimum atomic E-state index is -0.425. The van der Waals surface area contributed by atoms with Crippen molar-refractivity contribution in [3.63, 3.8) is 0 Å². The largest absolute Gasteiger partial charge is 0.449 e. The van der Waals surface area contributed by atoms with Gasteiger partial charge in [-0.15, -0.1) is 0 Å². The Balaban J connectivity index is 1.51. The fraction of sp³-hybridized carbons (Fsp3) is 0.588. The predicted octanol–water partition coefficient (Wildman–Crippen LogP) is 3.39. The predicted molar refractivity (Wildman–Crippen MR) is 92.5 cm³/mol. The second-order valence-electron chi connectivity index (χ2n) is 6.52. The summed E-state index contributed by atoms with van der Waals surface area (Å²) in [6, 6.07) is 5.65. The van der Waals surface area contributed by atoms with E-state index in [0.717, 1.165) is 6.42 Å². The SMILES string of the molecule is O=C(Nc1ccc(Cl)c(Cl)c1)OC[C@@H]1CCC[NH+]2CCCC[C@H]12. The van der Waals surface area contributed by atoms with Crippen LogP contribution in [0.2, 0.25) is 10.0 Å². The van der Waals surface area contributed by atoms with Crippen molar-refractivity contribution in [3.05, 3.63) is 28.2 Å². The van der Waals surface area contributed by atoms with Crippen LogP contribution >= 0.6 is 23.2 Å². The molecule has 0 bridgehead atoms. The summed E-state index contributed by atoms with van der Waals surface area (Å²) in [6.07, 6.45) is 5.86. The summed E-state index contributed by atoms with van der Waals surface area (Å²) in [4.78, 5) is 13.7. The zero-order chi connectivity index (χ0) is 16.2. The lowest BCUT2D eigenvalue weighted by Gasteiger charge is -2.40. The fourth-order valence-electron chi connectivity index (χ4n) is 3.89.